The Labute approximate surface area is 192 Å². The second kappa shape index (κ2) is 7.70. The molecule has 7 heteroatoms. The lowest BCUT2D eigenvalue weighted by Crippen LogP contribution is -2.53. The van der Waals surface area contributed by atoms with Crippen LogP contribution in [-0.4, -0.2) is 68.3 Å². The molecular formula is C26H28N4O3. The fourth-order valence-electron chi connectivity index (χ4n) is 4.67. The van der Waals surface area contributed by atoms with Crippen LogP contribution in [0.4, 0.5) is 0 Å². The summed E-state index contributed by atoms with van der Waals surface area (Å²) in [6, 6.07) is 14.2. The van der Waals surface area contributed by atoms with Gasteiger partial charge in [0, 0.05) is 43.7 Å². The minimum absolute atomic E-state index is 0.0169. The third-order valence-electron chi connectivity index (χ3n) is 7.21. The molecule has 33 heavy (non-hydrogen) atoms. The van der Waals surface area contributed by atoms with Crippen molar-refractivity contribution in [3.05, 3.63) is 54.2 Å². The largest absolute Gasteiger partial charge is 0.380 e. The molecule has 2 amide bonds. The van der Waals surface area contributed by atoms with Crippen LogP contribution in [0, 0.1) is 5.92 Å². The predicted molar refractivity (Wildman–Crippen MR) is 125 cm³/mol. The summed E-state index contributed by atoms with van der Waals surface area (Å²) in [6.07, 6.45) is 5.62. The Morgan fingerprint density at radius 2 is 1.61 bits per heavy atom. The Bertz CT molecular complexity index is 1220. The minimum Gasteiger partial charge on any atom is -0.380 e. The molecule has 0 atom stereocenters. The Morgan fingerprint density at radius 3 is 2.27 bits per heavy atom. The first-order valence-electron chi connectivity index (χ1n) is 11.9. The molecule has 3 fully saturated rings. The number of nitrogens with zero attached hydrogens (tertiary/aromatic N) is 4. The van der Waals surface area contributed by atoms with Crippen molar-refractivity contribution in [3.8, 4) is 11.1 Å². The molecule has 2 aromatic carbocycles. The lowest BCUT2D eigenvalue weighted by molar-refractivity contribution is -0.143. The van der Waals surface area contributed by atoms with E-state index < -0.39 is 5.60 Å². The molecule has 3 aliphatic rings. The number of fused-ring (bicyclic) bond motifs is 1. The number of aliphatic hydroxyl groups is 1. The van der Waals surface area contributed by atoms with E-state index in [2.05, 4.69) is 28.0 Å². The Balaban J connectivity index is 1.14. The van der Waals surface area contributed by atoms with Crippen LogP contribution >= 0.6 is 0 Å². The van der Waals surface area contributed by atoms with Gasteiger partial charge in [-0.2, -0.15) is 5.10 Å². The molecule has 2 saturated carbocycles. The van der Waals surface area contributed by atoms with Gasteiger partial charge in [-0.25, -0.2) is 0 Å². The van der Waals surface area contributed by atoms with Crippen molar-refractivity contribution in [2.45, 2.75) is 37.8 Å². The van der Waals surface area contributed by atoms with Gasteiger partial charge in [0.2, 0.25) is 0 Å². The second-order valence-corrected chi connectivity index (χ2v) is 9.74. The smallest absolute Gasteiger partial charge is 0.254 e. The number of piperazine rings is 1. The second-order valence-electron chi connectivity index (χ2n) is 9.74. The molecule has 0 unspecified atom stereocenters. The molecule has 1 aromatic heterocycles. The SMILES string of the molecule is O=C(c1ccc(-c2ccc3cnn(CC4CC4)c3c2)cc1)N1CCN(C(=O)C2(O)CC2)CC1. The van der Waals surface area contributed by atoms with Crippen molar-refractivity contribution in [2.24, 2.45) is 5.92 Å². The van der Waals surface area contributed by atoms with Gasteiger partial charge in [0.1, 0.15) is 5.60 Å². The van der Waals surface area contributed by atoms with Gasteiger partial charge in [-0.05, 0) is 60.9 Å². The van der Waals surface area contributed by atoms with Gasteiger partial charge in [-0.1, -0.05) is 24.3 Å². The van der Waals surface area contributed by atoms with Crippen LogP contribution in [0.25, 0.3) is 22.0 Å². The molecule has 7 nitrogen and oxygen atoms in total. The van der Waals surface area contributed by atoms with Crippen LogP contribution < -0.4 is 0 Å². The first kappa shape index (κ1) is 20.4. The van der Waals surface area contributed by atoms with Crippen molar-refractivity contribution in [1.29, 1.82) is 0 Å². The number of carbonyl (C=O) groups excluding carboxylic acids is 2. The van der Waals surface area contributed by atoms with Crippen LogP contribution in [0.1, 0.15) is 36.0 Å². The molecule has 0 radical (unpaired) electrons. The molecule has 1 aliphatic heterocycles. The normalized spacial score (nSPS) is 19.7. The zero-order valence-electron chi connectivity index (χ0n) is 18.6. The summed E-state index contributed by atoms with van der Waals surface area (Å²) in [6.45, 7) is 2.91. The molecule has 6 rings (SSSR count). The highest BCUT2D eigenvalue weighted by atomic mass is 16.3. The zero-order valence-corrected chi connectivity index (χ0v) is 18.6. The maximum atomic E-state index is 13.0. The van der Waals surface area contributed by atoms with Crippen LogP contribution in [0.2, 0.25) is 0 Å². The third-order valence-corrected chi connectivity index (χ3v) is 7.21. The van der Waals surface area contributed by atoms with Gasteiger partial charge >= 0.3 is 0 Å². The summed E-state index contributed by atoms with van der Waals surface area (Å²) >= 11 is 0. The molecule has 0 bridgehead atoms. The van der Waals surface area contributed by atoms with Gasteiger partial charge < -0.3 is 14.9 Å². The molecule has 2 heterocycles. The van der Waals surface area contributed by atoms with E-state index in [0.29, 0.717) is 44.6 Å². The van der Waals surface area contributed by atoms with Gasteiger partial charge in [-0.3, -0.25) is 14.3 Å². The van der Waals surface area contributed by atoms with Crippen molar-refractivity contribution >= 4 is 22.7 Å². The minimum atomic E-state index is -1.14. The van der Waals surface area contributed by atoms with Gasteiger partial charge in [0.05, 0.1) is 11.7 Å². The van der Waals surface area contributed by atoms with E-state index in [1.54, 1.807) is 9.80 Å². The number of hydrogen-bond acceptors (Lipinski definition) is 4. The highest BCUT2D eigenvalue weighted by Crippen LogP contribution is 2.37. The summed E-state index contributed by atoms with van der Waals surface area (Å²) < 4.78 is 2.11. The van der Waals surface area contributed by atoms with E-state index in [-0.39, 0.29) is 11.8 Å². The number of aromatic nitrogens is 2. The van der Waals surface area contributed by atoms with Crippen molar-refractivity contribution in [2.75, 3.05) is 26.2 Å². The maximum absolute atomic E-state index is 13.0. The van der Waals surface area contributed by atoms with Gasteiger partial charge in [-0.15, -0.1) is 0 Å². The van der Waals surface area contributed by atoms with E-state index in [1.165, 1.54) is 12.8 Å². The topological polar surface area (TPSA) is 78.7 Å². The van der Waals surface area contributed by atoms with Gasteiger partial charge in [0.25, 0.3) is 11.8 Å². The average molecular weight is 445 g/mol. The van der Waals surface area contributed by atoms with Crippen LogP contribution in [-0.2, 0) is 11.3 Å². The number of carbonyl (C=O) groups is 2. The van der Waals surface area contributed by atoms with Crippen LogP contribution in [0.3, 0.4) is 0 Å². The monoisotopic (exact) mass is 444 g/mol. The van der Waals surface area contributed by atoms with Gasteiger partial charge in [0.15, 0.2) is 0 Å². The van der Waals surface area contributed by atoms with Crippen molar-refractivity contribution in [1.82, 2.24) is 19.6 Å². The molecule has 1 saturated heterocycles. The Kier molecular flexibility index (Phi) is 4.76. The van der Waals surface area contributed by atoms with E-state index >= 15 is 0 Å². The molecule has 0 spiro atoms. The maximum Gasteiger partial charge on any atom is 0.254 e. The fourth-order valence-corrected chi connectivity index (χ4v) is 4.67. The van der Waals surface area contributed by atoms with Crippen molar-refractivity contribution < 1.29 is 14.7 Å². The predicted octanol–water partition coefficient (Wildman–Crippen LogP) is 2.92. The molecule has 170 valence electrons. The summed E-state index contributed by atoms with van der Waals surface area (Å²) in [5, 5.41) is 15.8. The Morgan fingerprint density at radius 1 is 0.939 bits per heavy atom. The molecule has 1 N–H and O–H groups in total. The summed E-state index contributed by atoms with van der Waals surface area (Å²) in [4.78, 5) is 28.8. The molecule has 3 aromatic rings. The first-order chi connectivity index (χ1) is 16.0. The number of amides is 2. The lowest BCUT2D eigenvalue weighted by atomic mass is 10.0. The van der Waals surface area contributed by atoms with E-state index in [0.717, 1.165) is 34.5 Å². The number of benzene rings is 2. The fraction of sp³-hybridized carbons (Fsp3) is 0.423. The van der Waals surface area contributed by atoms with E-state index in [1.807, 2.05) is 30.5 Å². The van der Waals surface area contributed by atoms with E-state index in [9.17, 15) is 14.7 Å². The number of rotatable bonds is 5. The molecular weight excluding hydrogens is 416 g/mol. The first-order valence-corrected chi connectivity index (χ1v) is 11.9. The van der Waals surface area contributed by atoms with Crippen LogP contribution in [0.15, 0.2) is 48.7 Å². The quantitative estimate of drug-likeness (QED) is 0.656. The summed E-state index contributed by atoms with van der Waals surface area (Å²) in [7, 11) is 0. The molecule has 2 aliphatic carbocycles. The van der Waals surface area contributed by atoms with Crippen molar-refractivity contribution in [3.63, 3.8) is 0 Å². The summed E-state index contributed by atoms with van der Waals surface area (Å²) in [5.74, 6) is 0.562. The highest BCUT2D eigenvalue weighted by Gasteiger charge is 2.50. The standard InChI is InChI=1S/C26H28N4O3/c31-24(28-11-13-29(14-12-28)25(32)26(33)9-10-26)20-5-3-19(4-6-20)21-7-8-22-16-27-30(23(22)15-21)17-18-1-2-18/h3-8,15-16,18,33H,1-2,9-14,17H2. The van der Waals surface area contributed by atoms with E-state index in [4.69, 9.17) is 0 Å². The van der Waals surface area contributed by atoms with Crippen LogP contribution in [0.5, 0.6) is 0 Å². The third kappa shape index (κ3) is 3.91. The average Bonchev–Trinajstić information content (AvgIpc) is 3.78. The summed E-state index contributed by atoms with van der Waals surface area (Å²) in [5.41, 5.74) is 2.85. The highest BCUT2D eigenvalue weighted by molar-refractivity contribution is 5.95. The number of hydrogen-bond donors (Lipinski definition) is 1. The Hall–Kier alpha value is -3.19. The zero-order chi connectivity index (χ0) is 22.6. The lowest BCUT2D eigenvalue weighted by Gasteiger charge is -2.35.